The SMILES string of the molecule is Cn1cc(N)c(C(=O)N2CCCCCC2CO)n1. The maximum absolute atomic E-state index is 12.4. The summed E-state index contributed by atoms with van der Waals surface area (Å²) in [7, 11) is 1.74. The molecule has 1 unspecified atom stereocenters. The molecule has 1 amide bonds. The number of aliphatic hydroxyl groups excluding tert-OH is 1. The summed E-state index contributed by atoms with van der Waals surface area (Å²) < 4.78 is 1.54. The van der Waals surface area contributed by atoms with Crippen molar-refractivity contribution in [2.75, 3.05) is 18.9 Å². The maximum Gasteiger partial charge on any atom is 0.276 e. The third-order valence-electron chi connectivity index (χ3n) is 3.41. The van der Waals surface area contributed by atoms with Gasteiger partial charge >= 0.3 is 0 Å². The molecule has 1 saturated heterocycles. The Labute approximate surface area is 106 Å². The van der Waals surface area contributed by atoms with Crippen LogP contribution in [0.25, 0.3) is 0 Å². The van der Waals surface area contributed by atoms with Crippen molar-refractivity contribution in [3.05, 3.63) is 11.9 Å². The molecule has 0 radical (unpaired) electrons. The zero-order valence-corrected chi connectivity index (χ0v) is 10.7. The predicted octanol–water partition coefficient (Wildman–Crippen LogP) is 0.379. The Kier molecular flexibility index (Phi) is 3.86. The summed E-state index contributed by atoms with van der Waals surface area (Å²) in [5.41, 5.74) is 6.46. The van der Waals surface area contributed by atoms with E-state index < -0.39 is 0 Å². The number of aryl methyl sites for hydroxylation is 1. The fraction of sp³-hybridized carbons (Fsp3) is 0.667. The Morgan fingerprint density at radius 3 is 2.94 bits per heavy atom. The number of nitrogens with zero attached hydrogens (tertiary/aromatic N) is 3. The van der Waals surface area contributed by atoms with Crippen LogP contribution in [-0.2, 0) is 7.05 Å². The Morgan fingerprint density at radius 2 is 2.33 bits per heavy atom. The summed E-state index contributed by atoms with van der Waals surface area (Å²) in [4.78, 5) is 14.1. The molecule has 6 nitrogen and oxygen atoms in total. The smallest absolute Gasteiger partial charge is 0.276 e. The normalized spacial score (nSPS) is 20.8. The standard InChI is InChI=1S/C12H20N4O2/c1-15-7-10(13)11(14-15)12(18)16-6-4-2-3-5-9(16)8-17/h7,9,17H,2-6,8,13H2,1H3. The van der Waals surface area contributed by atoms with Crippen LogP contribution in [0, 0.1) is 0 Å². The Bertz CT molecular complexity index is 430. The Balaban J connectivity index is 2.22. The van der Waals surface area contributed by atoms with Crippen LogP contribution in [0.5, 0.6) is 0 Å². The highest BCUT2D eigenvalue weighted by Gasteiger charge is 2.28. The summed E-state index contributed by atoms with van der Waals surface area (Å²) in [6.45, 7) is 0.665. The van der Waals surface area contributed by atoms with E-state index in [1.165, 1.54) is 4.68 Å². The number of hydrogen-bond acceptors (Lipinski definition) is 4. The molecule has 0 spiro atoms. The van der Waals surface area contributed by atoms with Gasteiger partial charge in [0.2, 0.25) is 0 Å². The number of carbonyl (C=O) groups is 1. The van der Waals surface area contributed by atoms with E-state index in [2.05, 4.69) is 5.10 Å². The number of anilines is 1. The number of hydrogen-bond donors (Lipinski definition) is 2. The van der Waals surface area contributed by atoms with Gasteiger partial charge in [-0.2, -0.15) is 5.10 Å². The van der Waals surface area contributed by atoms with Crippen molar-refractivity contribution < 1.29 is 9.90 Å². The first-order valence-corrected chi connectivity index (χ1v) is 6.34. The lowest BCUT2D eigenvalue weighted by Gasteiger charge is -2.28. The van der Waals surface area contributed by atoms with Crippen LogP contribution in [0.3, 0.4) is 0 Å². The predicted molar refractivity (Wildman–Crippen MR) is 68.0 cm³/mol. The van der Waals surface area contributed by atoms with Gasteiger partial charge in [0.15, 0.2) is 5.69 Å². The number of rotatable bonds is 2. The molecular formula is C12H20N4O2. The molecule has 0 aliphatic carbocycles. The molecule has 2 heterocycles. The minimum Gasteiger partial charge on any atom is -0.396 e. The van der Waals surface area contributed by atoms with Crippen molar-refractivity contribution in [1.82, 2.24) is 14.7 Å². The average molecular weight is 252 g/mol. The molecule has 1 aromatic rings. The average Bonchev–Trinajstić information content (AvgIpc) is 2.56. The quantitative estimate of drug-likeness (QED) is 0.797. The molecule has 18 heavy (non-hydrogen) atoms. The molecule has 1 aromatic heterocycles. The van der Waals surface area contributed by atoms with Gasteiger partial charge in [0, 0.05) is 19.8 Å². The molecular weight excluding hydrogens is 232 g/mol. The number of amides is 1. The van der Waals surface area contributed by atoms with Gasteiger partial charge < -0.3 is 15.7 Å². The maximum atomic E-state index is 12.4. The van der Waals surface area contributed by atoms with Gasteiger partial charge in [0.05, 0.1) is 18.3 Å². The number of carbonyl (C=O) groups excluding carboxylic acids is 1. The van der Waals surface area contributed by atoms with Crippen molar-refractivity contribution in [1.29, 1.82) is 0 Å². The van der Waals surface area contributed by atoms with E-state index in [-0.39, 0.29) is 24.2 Å². The number of nitrogens with two attached hydrogens (primary N) is 1. The van der Waals surface area contributed by atoms with Crippen molar-refractivity contribution in [2.45, 2.75) is 31.7 Å². The summed E-state index contributed by atoms with van der Waals surface area (Å²) >= 11 is 0. The van der Waals surface area contributed by atoms with E-state index in [1.54, 1.807) is 18.1 Å². The second-order valence-electron chi connectivity index (χ2n) is 4.79. The van der Waals surface area contributed by atoms with Crippen LogP contribution < -0.4 is 5.73 Å². The summed E-state index contributed by atoms with van der Waals surface area (Å²) in [6, 6.07) is -0.110. The number of aliphatic hydroxyl groups is 1. The fourth-order valence-electron chi connectivity index (χ4n) is 2.44. The third-order valence-corrected chi connectivity index (χ3v) is 3.41. The first-order valence-electron chi connectivity index (χ1n) is 6.34. The van der Waals surface area contributed by atoms with Crippen molar-refractivity contribution in [3.63, 3.8) is 0 Å². The highest BCUT2D eigenvalue weighted by atomic mass is 16.3. The summed E-state index contributed by atoms with van der Waals surface area (Å²) in [6.07, 6.45) is 5.58. The molecule has 1 fully saturated rings. The second kappa shape index (κ2) is 5.39. The molecule has 1 atom stereocenters. The van der Waals surface area contributed by atoms with Crippen molar-refractivity contribution in [2.24, 2.45) is 7.05 Å². The van der Waals surface area contributed by atoms with E-state index in [9.17, 15) is 9.90 Å². The molecule has 1 aliphatic rings. The van der Waals surface area contributed by atoms with Gasteiger partial charge in [0.1, 0.15) is 0 Å². The molecule has 0 bridgehead atoms. The van der Waals surface area contributed by atoms with Crippen LogP contribution in [0.15, 0.2) is 6.20 Å². The topological polar surface area (TPSA) is 84.4 Å². The zero-order chi connectivity index (χ0) is 13.1. The van der Waals surface area contributed by atoms with E-state index in [0.29, 0.717) is 12.2 Å². The third kappa shape index (κ3) is 2.48. The zero-order valence-electron chi connectivity index (χ0n) is 10.7. The first-order chi connectivity index (χ1) is 8.63. The van der Waals surface area contributed by atoms with Crippen LogP contribution >= 0.6 is 0 Å². The van der Waals surface area contributed by atoms with Gasteiger partial charge in [-0.1, -0.05) is 12.8 Å². The van der Waals surface area contributed by atoms with Crippen LogP contribution in [-0.4, -0.2) is 44.9 Å². The molecule has 100 valence electrons. The number of nitrogen functional groups attached to an aromatic ring is 1. The van der Waals surface area contributed by atoms with E-state index >= 15 is 0 Å². The largest absolute Gasteiger partial charge is 0.396 e. The fourth-order valence-corrected chi connectivity index (χ4v) is 2.44. The lowest BCUT2D eigenvalue weighted by atomic mass is 10.1. The lowest BCUT2D eigenvalue weighted by Crippen LogP contribution is -2.42. The first kappa shape index (κ1) is 12.9. The summed E-state index contributed by atoms with van der Waals surface area (Å²) in [5.74, 6) is -0.172. The Morgan fingerprint density at radius 1 is 1.56 bits per heavy atom. The van der Waals surface area contributed by atoms with Crippen molar-refractivity contribution >= 4 is 11.6 Å². The highest BCUT2D eigenvalue weighted by Crippen LogP contribution is 2.20. The van der Waals surface area contributed by atoms with Gasteiger partial charge in [-0.15, -0.1) is 0 Å². The van der Waals surface area contributed by atoms with E-state index in [4.69, 9.17) is 5.73 Å². The summed E-state index contributed by atoms with van der Waals surface area (Å²) in [5, 5.41) is 13.5. The van der Waals surface area contributed by atoms with Gasteiger partial charge in [-0.3, -0.25) is 9.48 Å². The minimum absolute atomic E-state index is 0.00151. The van der Waals surface area contributed by atoms with Crippen molar-refractivity contribution in [3.8, 4) is 0 Å². The molecule has 1 aliphatic heterocycles. The van der Waals surface area contributed by atoms with Gasteiger partial charge in [-0.05, 0) is 12.8 Å². The van der Waals surface area contributed by atoms with Crippen LogP contribution in [0.1, 0.15) is 36.2 Å². The monoisotopic (exact) mass is 252 g/mol. The second-order valence-corrected chi connectivity index (χ2v) is 4.79. The van der Waals surface area contributed by atoms with Crippen LogP contribution in [0.2, 0.25) is 0 Å². The van der Waals surface area contributed by atoms with Gasteiger partial charge in [0.25, 0.3) is 5.91 Å². The van der Waals surface area contributed by atoms with Crippen LogP contribution in [0.4, 0.5) is 5.69 Å². The van der Waals surface area contributed by atoms with E-state index in [0.717, 1.165) is 25.7 Å². The van der Waals surface area contributed by atoms with Gasteiger partial charge in [-0.25, -0.2) is 0 Å². The lowest BCUT2D eigenvalue weighted by molar-refractivity contribution is 0.0594. The molecule has 3 N–H and O–H groups in total. The minimum atomic E-state index is -0.172. The Hall–Kier alpha value is -1.56. The highest BCUT2D eigenvalue weighted by molar-refractivity contribution is 5.97. The number of aromatic nitrogens is 2. The van der Waals surface area contributed by atoms with E-state index in [1.807, 2.05) is 0 Å². The molecule has 0 aromatic carbocycles. The molecule has 0 saturated carbocycles. The molecule has 6 heteroatoms. The molecule has 2 rings (SSSR count). The number of likely N-dealkylation sites (tertiary alicyclic amines) is 1.